The fourth-order valence-corrected chi connectivity index (χ4v) is 3.14. The van der Waals surface area contributed by atoms with Crippen molar-refractivity contribution in [2.75, 3.05) is 26.2 Å². The standard InChI is InChI=1S/C17H24N4O2/c22-17(16-6-2-12-23-16)18-13-15-5-1-8-20(14-15)9-4-11-21-10-3-7-19-21/h2-3,6-7,10,12,15H,1,4-5,8-9,11,13-14H2,(H,18,22). The maximum atomic E-state index is 11.9. The van der Waals surface area contributed by atoms with Gasteiger partial charge in [0, 0.05) is 32.0 Å². The molecule has 6 heteroatoms. The van der Waals surface area contributed by atoms with Gasteiger partial charge in [-0.05, 0) is 56.5 Å². The quantitative estimate of drug-likeness (QED) is 0.849. The Hall–Kier alpha value is -2.08. The number of nitrogens with one attached hydrogen (secondary N) is 1. The molecule has 0 radical (unpaired) electrons. The van der Waals surface area contributed by atoms with Crippen molar-refractivity contribution in [1.82, 2.24) is 20.0 Å². The Kier molecular flexibility index (Phi) is 5.47. The van der Waals surface area contributed by atoms with Crippen LogP contribution in [0.3, 0.4) is 0 Å². The number of likely N-dealkylation sites (tertiary alicyclic amines) is 1. The Labute approximate surface area is 136 Å². The first-order chi connectivity index (χ1) is 11.3. The van der Waals surface area contributed by atoms with Gasteiger partial charge < -0.3 is 14.6 Å². The smallest absolute Gasteiger partial charge is 0.286 e. The highest BCUT2D eigenvalue weighted by Crippen LogP contribution is 2.16. The highest BCUT2D eigenvalue weighted by atomic mass is 16.3. The molecule has 2 aromatic heterocycles. The van der Waals surface area contributed by atoms with Gasteiger partial charge >= 0.3 is 0 Å². The molecule has 2 aromatic rings. The summed E-state index contributed by atoms with van der Waals surface area (Å²) in [6.45, 7) is 4.97. The maximum absolute atomic E-state index is 11.9. The van der Waals surface area contributed by atoms with E-state index in [0.29, 0.717) is 11.7 Å². The maximum Gasteiger partial charge on any atom is 0.286 e. The summed E-state index contributed by atoms with van der Waals surface area (Å²) in [5, 5.41) is 7.21. The zero-order valence-corrected chi connectivity index (χ0v) is 13.4. The predicted molar refractivity (Wildman–Crippen MR) is 87.0 cm³/mol. The number of nitrogens with zero attached hydrogens (tertiary/aromatic N) is 3. The highest BCUT2D eigenvalue weighted by Gasteiger charge is 2.20. The summed E-state index contributed by atoms with van der Waals surface area (Å²) in [7, 11) is 0. The lowest BCUT2D eigenvalue weighted by atomic mass is 9.98. The minimum Gasteiger partial charge on any atom is -0.459 e. The van der Waals surface area contributed by atoms with Crippen LogP contribution < -0.4 is 5.32 Å². The minimum atomic E-state index is -0.120. The van der Waals surface area contributed by atoms with E-state index in [0.717, 1.165) is 39.1 Å². The van der Waals surface area contributed by atoms with Crippen LogP contribution in [0.2, 0.25) is 0 Å². The van der Waals surface area contributed by atoms with Crippen LogP contribution in [0.25, 0.3) is 0 Å². The minimum absolute atomic E-state index is 0.120. The molecule has 3 heterocycles. The Bertz CT molecular complexity index is 580. The van der Waals surface area contributed by atoms with Crippen molar-refractivity contribution in [2.24, 2.45) is 5.92 Å². The first-order valence-corrected chi connectivity index (χ1v) is 8.33. The van der Waals surface area contributed by atoms with Gasteiger partial charge in [-0.25, -0.2) is 0 Å². The van der Waals surface area contributed by atoms with Gasteiger partial charge in [0.2, 0.25) is 0 Å². The molecule has 1 unspecified atom stereocenters. The molecule has 1 saturated heterocycles. The predicted octanol–water partition coefficient (Wildman–Crippen LogP) is 2.01. The van der Waals surface area contributed by atoms with Crippen LogP contribution >= 0.6 is 0 Å². The van der Waals surface area contributed by atoms with Gasteiger partial charge in [0.15, 0.2) is 5.76 Å². The van der Waals surface area contributed by atoms with Crippen molar-refractivity contribution in [1.29, 1.82) is 0 Å². The van der Waals surface area contributed by atoms with Crippen LogP contribution in [0.4, 0.5) is 0 Å². The van der Waals surface area contributed by atoms with Gasteiger partial charge in [-0.1, -0.05) is 0 Å². The van der Waals surface area contributed by atoms with Crippen molar-refractivity contribution >= 4 is 5.91 Å². The first kappa shape index (κ1) is 15.8. The van der Waals surface area contributed by atoms with Gasteiger partial charge in [0.05, 0.1) is 6.26 Å². The number of carbonyl (C=O) groups is 1. The molecule has 124 valence electrons. The second kappa shape index (κ2) is 7.97. The van der Waals surface area contributed by atoms with Crippen LogP contribution in [0.15, 0.2) is 41.3 Å². The van der Waals surface area contributed by atoms with E-state index in [1.54, 1.807) is 12.1 Å². The number of amides is 1. The monoisotopic (exact) mass is 316 g/mol. The molecular weight excluding hydrogens is 292 g/mol. The van der Waals surface area contributed by atoms with Gasteiger partial charge in [-0.2, -0.15) is 5.10 Å². The van der Waals surface area contributed by atoms with E-state index in [1.807, 2.05) is 23.1 Å². The Balaban J connectivity index is 1.37. The topological polar surface area (TPSA) is 63.3 Å². The molecule has 1 atom stereocenters. The van der Waals surface area contributed by atoms with E-state index in [9.17, 15) is 4.79 Å². The molecule has 0 bridgehead atoms. The third kappa shape index (κ3) is 4.69. The number of aromatic nitrogens is 2. The number of piperidine rings is 1. The van der Waals surface area contributed by atoms with E-state index < -0.39 is 0 Å². The van der Waals surface area contributed by atoms with Crippen LogP contribution in [-0.4, -0.2) is 46.8 Å². The lowest BCUT2D eigenvalue weighted by Crippen LogP contribution is -2.41. The number of furan rings is 1. The summed E-state index contributed by atoms with van der Waals surface area (Å²) in [6, 6.07) is 5.38. The number of rotatable bonds is 7. The van der Waals surface area contributed by atoms with E-state index in [1.165, 1.54) is 19.1 Å². The average Bonchev–Trinajstić information content (AvgIpc) is 3.26. The zero-order chi connectivity index (χ0) is 15.9. The van der Waals surface area contributed by atoms with Gasteiger partial charge in [0.25, 0.3) is 5.91 Å². The van der Waals surface area contributed by atoms with Crippen LogP contribution in [0.1, 0.15) is 29.8 Å². The molecule has 3 rings (SSSR count). The van der Waals surface area contributed by atoms with Gasteiger partial charge in [-0.15, -0.1) is 0 Å². The number of hydrogen-bond acceptors (Lipinski definition) is 4. The lowest BCUT2D eigenvalue weighted by molar-refractivity contribution is 0.0904. The fraction of sp³-hybridized carbons (Fsp3) is 0.529. The molecular formula is C17H24N4O2. The Morgan fingerprint density at radius 1 is 1.39 bits per heavy atom. The zero-order valence-electron chi connectivity index (χ0n) is 13.4. The molecule has 0 spiro atoms. The van der Waals surface area contributed by atoms with Crippen molar-refractivity contribution in [3.63, 3.8) is 0 Å². The largest absolute Gasteiger partial charge is 0.459 e. The van der Waals surface area contributed by atoms with Crippen molar-refractivity contribution < 1.29 is 9.21 Å². The molecule has 0 aromatic carbocycles. The van der Waals surface area contributed by atoms with Gasteiger partial charge in [-0.3, -0.25) is 9.48 Å². The molecule has 0 aliphatic carbocycles. The van der Waals surface area contributed by atoms with Crippen LogP contribution in [0.5, 0.6) is 0 Å². The van der Waals surface area contributed by atoms with Crippen LogP contribution in [0, 0.1) is 5.92 Å². The second-order valence-electron chi connectivity index (χ2n) is 6.12. The molecule has 0 saturated carbocycles. The Morgan fingerprint density at radius 2 is 2.35 bits per heavy atom. The van der Waals surface area contributed by atoms with Crippen molar-refractivity contribution in [2.45, 2.75) is 25.8 Å². The van der Waals surface area contributed by atoms with Crippen molar-refractivity contribution in [3.05, 3.63) is 42.6 Å². The summed E-state index contributed by atoms with van der Waals surface area (Å²) >= 11 is 0. The molecule has 1 aliphatic heterocycles. The van der Waals surface area contributed by atoms with E-state index in [2.05, 4.69) is 15.3 Å². The summed E-state index contributed by atoms with van der Waals surface area (Å²) in [4.78, 5) is 14.4. The molecule has 6 nitrogen and oxygen atoms in total. The van der Waals surface area contributed by atoms with E-state index in [-0.39, 0.29) is 5.91 Å². The second-order valence-corrected chi connectivity index (χ2v) is 6.12. The number of aryl methyl sites for hydroxylation is 1. The SMILES string of the molecule is O=C(NCC1CCCN(CCCn2cccn2)C1)c1ccco1. The third-order valence-corrected chi connectivity index (χ3v) is 4.32. The summed E-state index contributed by atoms with van der Waals surface area (Å²) in [5.74, 6) is 0.787. The molecule has 1 amide bonds. The fourth-order valence-electron chi connectivity index (χ4n) is 3.14. The Morgan fingerprint density at radius 3 is 3.13 bits per heavy atom. The average molecular weight is 316 g/mol. The summed E-state index contributed by atoms with van der Waals surface area (Å²) < 4.78 is 7.09. The number of carbonyl (C=O) groups excluding carboxylic acids is 1. The summed E-state index contributed by atoms with van der Waals surface area (Å²) in [5.41, 5.74) is 0. The lowest BCUT2D eigenvalue weighted by Gasteiger charge is -2.32. The third-order valence-electron chi connectivity index (χ3n) is 4.32. The molecule has 23 heavy (non-hydrogen) atoms. The van der Waals surface area contributed by atoms with Gasteiger partial charge in [0.1, 0.15) is 0 Å². The van der Waals surface area contributed by atoms with Crippen LogP contribution in [-0.2, 0) is 6.54 Å². The van der Waals surface area contributed by atoms with E-state index in [4.69, 9.17) is 4.42 Å². The molecule has 1 fully saturated rings. The van der Waals surface area contributed by atoms with Crippen molar-refractivity contribution in [3.8, 4) is 0 Å². The highest BCUT2D eigenvalue weighted by molar-refractivity contribution is 5.91. The number of hydrogen-bond donors (Lipinski definition) is 1. The molecule has 1 aliphatic rings. The normalized spacial score (nSPS) is 18.9. The summed E-state index contributed by atoms with van der Waals surface area (Å²) in [6.07, 6.45) is 8.82. The first-order valence-electron chi connectivity index (χ1n) is 8.33. The van der Waals surface area contributed by atoms with E-state index >= 15 is 0 Å². The molecule has 1 N–H and O–H groups in total.